The lowest BCUT2D eigenvalue weighted by Gasteiger charge is -2.32. The maximum absolute atomic E-state index is 12.3. The van der Waals surface area contributed by atoms with Crippen molar-refractivity contribution in [2.75, 3.05) is 0 Å². The van der Waals surface area contributed by atoms with E-state index in [4.69, 9.17) is 0 Å². The molecular formula is C18H25F3O. The molecule has 0 aliphatic heterocycles. The van der Waals surface area contributed by atoms with Crippen LogP contribution in [0.4, 0.5) is 13.2 Å². The van der Waals surface area contributed by atoms with Crippen molar-refractivity contribution in [3.05, 3.63) is 35.4 Å². The molecule has 0 heterocycles. The first-order valence-electron chi connectivity index (χ1n) is 8.22. The summed E-state index contributed by atoms with van der Waals surface area (Å²) in [5.41, 5.74) is 2.68. The monoisotopic (exact) mass is 314 g/mol. The standard InChI is InChI=1S/C18H25F3O/c1-3-4-14-5-7-16(8-6-14)17-11-9-15(10-12-17)13(2)22-18(19,20)21/h5-8,13,15,17H,3-4,9-12H2,1-2H3. The van der Waals surface area contributed by atoms with Gasteiger partial charge in [0.1, 0.15) is 0 Å². The summed E-state index contributed by atoms with van der Waals surface area (Å²) in [6.07, 6.45) is 0.476. The van der Waals surface area contributed by atoms with Gasteiger partial charge in [-0.15, -0.1) is 13.2 Å². The molecule has 0 radical (unpaired) electrons. The lowest BCUT2D eigenvalue weighted by Crippen LogP contribution is -2.30. The smallest absolute Gasteiger partial charge is 0.289 e. The zero-order chi connectivity index (χ0) is 16.2. The van der Waals surface area contributed by atoms with Crippen molar-refractivity contribution in [3.63, 3.8) is 0 Å². The number of alkyl halides is 3. The molecule has 4 heteroatoms. The molecular weight excluding hydrogens is 289 g/mol. The Hall–Kier alpha value is -1.03. The number of hydrogen-bond acceptors (Lipinski definition) is 1. The van der Waals surface area contributed by atoms with Gasteiger partial charge in [0.2, 0.25) is 0 Å². The molecule has 0 N–H and O–H groups in total. The Kier molecular flexibility index (Phi) is 5.90. The van der Waals surface area contributed by atoms with Crippen molar-refractivity contribution < 1.29 is 17.9 Å². The van der Waals surface area contributed by atoms with Crippen LogP contribution in [0.25, 0.3) is 0 Å². The summed E-state index contributed by atoms with van der Waals surface area (Å²) in [4.78, 5) is 0. The molecule has 0 aromatic heterocycles. The Morgan fingerprint density at radius 1 is 1.09 bits per heavy atom. The van der Waals surface area contributed by atoms with Crippen molar-refractivity contribution in [3.8, 4) is 0 Å². The lowest BCUT2D eigenvalue weighted by molar-refractivity contribution is -0.346. The average Bonchev–Trinajstić information content (AvgIpc) is 2.47. The zero-order valence-electron chi connectivity index (χ0n) is 13.3. The number of ether oxygens (including phenoxy) is 1. The first-order chi connectivity index (χ1) is 10.4. The summed E-state index contributed by atoms with van der Waals surface area (Å²) < 4.78 is 41.0. The van der Waals surface area contributed by atoms with Crippen molar-refractivity contribution in [1.82, 2.24) is 0 Å². The summed E-state index contributed by atoms with van der Waals surface area (Å²) in [5.74, 6) is 0.488. The maximum Gasteiger partial charge on any atom is 0.522 e. The minimum absolute atomic E-state index is 0.0113. The molecule has 1 aliphatic rings. The van der Waals surface area contributed by atoms with Gasteiger partial charge < -0.3 is 0 Å². The molecule has 22 heavy (non-hydrogen) atoms. The SMILES string of the molecule is CCCc1ccc(C2CCC(C(C)OC(F)(F)F)CC2)cc1. The van der Waals surface area contributed by atoms with E-state index in [0.29, 0.717) is 5.92 Å². The summed E-state index contributed by atoms with van der Waals surface area (Å²) >= 11 is 0. The molecule has 1 fully saturated rings. The van der Waals surface area contributed by atoms with Crippen LogP contribution in [0.3, 0.4) is 0 Å². The van der Waals surface area contributed by atoms with Gasteiger partial charge >= 0.3 is 6.36 Å². The van der Waals surface area contributed by atoms with Crippen molar-refractivity contribution >= 4 is 0 Å². The predicted molar refractivity (Wildman–Crippen MR) is 81.7 cm³/mol. The Bertz CT molecular complexity index is 444. The van der Waals surface area contributed by atoms with E-state index in [1.54, 1.807) is 0 Å². The fourth-order valence-electron chi connectivity index (χ4n) is 3.47. The predicted octanol–water partition coefficient (Wildman–Crippen LogP) is 5.84. The molecule has 2 rings (SSSR count). The second-order valence-corrected chi connectivity index (χ2v) is 6.37. The second-order valence-electron chi connectivity index (χ2n) is 6.37. The van der Waals surface area contributed by atoms with E-state index in [1.165, 1.54) is 18.1 Å². The molecule has 1 aromatic rings. The van der Waals surface area contributed by atoms with Gasteiger partial charge in [-0.05, 0) is 62.0 Å². The second kappa shape index (κ2) is 7.49. The highest BCUT2D eigenvalue weighted by Crippen LogP contribution is 2.38. The fraction of sp³-hybridized carbons (Fsp3) is 0.667. The molecule has 1 atom stereocenters. The number of hydrogen-bond donors (Lipinski definition) is 0. The Morgan fingerprint density at radius 2 is 1.68 bits per heavy atom. The van der Waals surface area contributed by atoms with Gasteiger partial charge in [-0.25, -0.2) is 0 Å². The molecule has 0 spiro atoms. The first-order valence-corrected chi connectivity index (χ1v) is 8.22. The first kappa shape index (κ1) is 17.3. The largest absolute Gasteiger partial charge is 0.522 e. The van der Waals surface area contributed by atoms with E-state index in [1.807, 2.05) is 0 Å². The van der Waals surface area contributed by atoms with Crippen LogP contribution in [0.15, 0.2) is 24.3 Å². The van der Waals surface area contributed by atoms with E-state index in [0.717, 1.165) is 38.5 Å². The minimum atomic E-state index is -4.52. The minimum Gasteiger partial charge on any atom is -0.289 e. The number of aryl methyl sites for hydroxylation is 1. The topological polar surface area (TPSA) is 9.23 Å². The lowest BCUT2D eigenvalue weighted by atomic mass is 9.77. The van der Waals surface area contributed by atoms with Crippen LogP contribution in [0.1, 0.15) is 63.0 Å². The number of halogens is 3. The summed E-state index contributed by atoms with van der Waals surface area (Å²) in [5, 5.41) is 0. The van der Waals surface area contributed by atoms with Crippen LogP contribution in [-0.4, -0.2) is 12.5 Å². The van der Waals surface area contributed by atoms with Crippen molar-refractivity contribution in [2.24, 2.45) is 5.92 Å². The van der Waals surface area contributed by atoms with E-state index in [-0.39, 0.29) is 5.92 Å². The molecule has 1 saturated carbocycles. The molecule has 0 amide bonds. The summed E-state index contributed by atoms with van der Waals surface area (Å²) in [6, 6.07) is 8.73. The van der Waals surface area contributed by atoms with Crippen LogP contribution in [0, 0.1) is 5.92 Å². The normalized spacial score (nSPS) is 24.2. The zero-order valence-corrected chi connectivity index (χ0v) is 13.3. The van der Waals surface area contributed by atoms with Gasteiger partial charge in [0.25, 0.3) is 0 Å². The third kappa shape index (κ3) is 5.01. The fourth-order valence-corrected chi connectivity index (χ4v) is 3.47. The summed E-state index contributed by atoms with van der Waals surface area (Å²) in [7, 11) is 0. The molecule has 1 nitrogen and oxygen atoms in total. The molecule has 1 aromatic carbocycles. The van der Waals surface area contributed by atoms with Gasteiger partial charge in [0.15, 0.2) is 0 Å². The van der Waals surface area contributed by atoms with Crippen molar-refractivity contribution in [1.29, 1.82) is 0 Å². The van der Waals surface area contributed by atoms with E-state index in [2.05, 4.69) is 35.9 Å². The van der Waals surface area contributed by atoms with Crippen LogP contribution in [0.2, 0.25) is 0 Å². The van der Waals surface area contributed by atoms with Crippen molar-refractivity contribution in [2.45, 2.75) is 70.8 Å². The highest BCUT2D eigenvalue weighted by Gasteiger charge is 2.36. The van der Waals surface area contributed by atoms with E-state index >= 15 is 0 Å². The third-order valence-electron chi connectivity index (χ3n) is 4.75. The van der Waals surface area contributed by atoms with Gasteiger partial charge in [0.05, 0.1) is 6.10 Å². The molecule has 1 aliphatic carbocycles. The number of rotatable bonds is 5. The van der Waals surface area contributed by atoms with Crippen LogP contribution >= 0.6 is 0 Å². The average molecular weight is 314 g/mol. The molecule has 0 saturated heterocycles. The Labute approximate surface area is 130 Å². The Morgan fingerprint density at radius 3 is 2.18 bits per heavy atom. The number of benzene rings is 1. The van der Waals surface area contributed by atoms with Crippen LogP contribution in [0.5, 0.6) is 0 Å². The van der Waals surface area contributed by atoms with E-state index in [9.17, 15) is 13.2 Å². The van der Waals surface area contributed by atoms with Crippen LogP contribution in [-0.2, 0) is 11.2 Å². The van der Waals surface area contributed by atoms with Gasteiger partial charge in [-0.3, -0.25) is 4.74 Å². The van der Waals surface area contributed by atoms with E-state index < -0.39 is 12.5 Å². The van der Waals surface area contributed by atoms with Gasteiger partial charge in [0, 0.05) is 0 Å². The highest BCUT2D eigenvalue weighted by atomic mass is 19.4. The molecule has 124 valence electrons. The summed E-state index contributed by atoms with van der Waals surface area (Å²) in [6.45, 7) is 3.71. The Balaban J connectivity index is 1.86. The third-order valence-corrected chi connectivity index (χ3v) is 4.75. The molecule has 1 unspecified atom stereocenters. The van der Waals surface area contributed by atoms with Gasteiger partial charge in [-0.1, -0.05) is 37.6 Å². The quantitative estimate of drug-likeness (QED) is 0.663. The highest BCUT2D eigenvalue weighted by molar-refractivity contribution is 5.25. The van der Waals surface area contributed by atoms with Gasteiger partial charge in [-0.2, -0.15) is 0 Å². The molecule has 0 bridgehead atoms. The maximum atomic E-state index is 12.3. The van der Waals surface area contributed by atoms with Crippen LogP contribution < -0.4 is 0 Å².